The van der Waals surface area contributed by atoms with Gasteiger partial charge in [0, 0.05) is 0 Å². The van der Waals surface area contributed by atoms with E-state index < -0.39 is 11.8 Å². The number of amides is 2. The van der Waals surface area contributed by atoms with Crippen molar-refractivity contribution in [3.05, 3.63) is 18.6 Å². The summed E-state index contributed by atoms with van der Waals surface area (Å²) in [5.74, 6) is -1.60. The van der Waals surface area contributed by atoms with Gasteiger partial charge in [0.15, 0.2) is 0 Å². The van der Waals surface area contributed by atoms with Gasteiger partial charge in [0.2, 0.25) is 0 Å². The fraction of sp³-hybridized carbons (Fsp3) is 0. The Morgan fingerprint density at radius 2 is 1.33 bits per heavy atom. The van der Waals surface area contributed by atoms with Gasteiger partial charge in [-0.3, -0.25) is 14.4 Å². The molecule has 0 unspecified atom stereocenters. The summed E-state index contributed by atoms with van der Waals surface area (Å²) in [5.41, 5.74) is 9.79. The number of rotatable bonds is 2. The molecule has 0 atom stereocenters. The lowest BCUT2D eigenvalue weighted by atomic mass is 10.4. The van der Waals surface area contributed by atoms with Gasteiger partial charge in [-0.1, -0.05) is 22.7 Å². The average Bonchev–Trinajstić information content (AvgIpc) is 2.31. The number of carbonyl (C=O) groups is 2. The second kappa shape index (κ2) is 3.03. The summed E-state index contributed by atoms with van der Waals surface area (Å²) in [4.78, 5) is 31.9. The van der Waals surface area contributed by atoms with Crippen LogP contribution in [0.25, 0.3) is 0 Å². The van der Waals surface area contributed by atoms with E-state index >= 15 is 0 Å². The molecule has 1 aromatic rings. The van der Waals surface area contributed by atoms with E-state index in [0.717, 1.165) is 0 Å². The zero-order chi connectivity index (χ0) is 9.30. The molecule has 1 aromatic heterocycles. The summed E-state index contributed by atoms with van der Waals surface area (Å²) in [7, 11) is 0. The summed E-state index contributed by atoms with van der Waals surface area (Å²) >= 11 is 1.28. The molecule has 0 aliphatic rings. The first-order valence-electron chi connectivity index (χ1n) is 2.76. The lowest BCUT2D eigenvalue weighted by Crippen LogP contribution is -2.17. The average molecular weight is 204 g/mol. The minimum atomic E-state index is -0.799. The van der Waals surface area contributed by atoms with Crippen LogP contribution in [0.2, 0.25) is 0 Å². The van der Waals surface area contributed by atoms with Crippen LogP contribution in [0.3, 0.4) is 0 Å². The van der Waals surface area contributed by atoms with Gasteiger partial charge in [0.25, 0.3) is 15.9 Å². The van der Waals surface area contributed by atoms with Crippen molar-refractivity contribution in [1.82, 2.24) is 0 Å². The summed E-state index contributed by atoms with van der Waals surface area (Å²) in [6.45, 7) is 0. The Hall–Kier alpha value is -1.21. The fourth-order valence-corrected chi connectivity index (χ4v) is 2.44. The Bertz CT molecular complexity index is 357. The SMILES string of the molecule is NC(=O)c1sc(=O)sc1C(N)=O. The summed E-state index contributed by atoms with van der Waals surface area (Å²) < 4.78 is -0.363. The van der Waals surface area contributed by atoms with Gasteiger partial charge in [0.1, 0.15) is 9.75 Å². The summed E-state index contributed by atoms with van der Waals surface area (Å²) in [6.07, 6.45) is 0. The van der Waals surface area contributed by atoms with Crippen molar-refractivity contribution in [3.8, 4) is 0 Å². The standard InChI is InChI=1S/C5H4N2O3S2/c6-3(8)1-2(4(7)9)12-5(10)11-1/h(H2,6,8)(H2,7,9). The molecular formula is C5H4N2O3S2. The molecule has 0 aromatic carbocycles. The molecule has 0 aliphatic heterocycles. The molecule has 0 saturated carbocycles. The van der Waals surface area contributed by atoms with Crippen LogP contribution < -0.4 is 15.5 Å². The van der Waals surface area contributed by atoms with Crippen LogP contribution in [0.4, 0.5) is 0 Å². The molecule has 5 nitrogen and oxygen atoms in total. The zero-order valence-electron chi connectivity index (χ0n) is 5.70. The van der Waals surface area contributed by atoms with Crippen LogP contribution in [0.15, 0.2) is 4.79 Å². The second-order valence-electron chi connectivity index (χ2n) is 1.84. The third kappa shape index (κ3) is 1.51. The number of hydrogen-bond acceptors (Lipinski definition) is 5. The highest BCUT2D eigenvalue weighted by Gasteiger charge is 2.17. The Kier molecular flexibility index (Phi) is 2.25. The van der Waals surface area contributed by atoms with E-state index in [4.69, 9.17) is 11.5 Å². The predicted octanol–water partition coefficient (Wildman–Crippen LogP) is -0.632. The lowest BCUT2D eigenvalue weighted by molar-refractivity contribution is 0.0973. The second-order valence-corrected chi connectivity index (χ2v) is 4.07. The maximum Gasteiger partial charge on any atom is 0.288 e. The Labute approximate surface area is 74.6 Å². The fourth-order valence-electron chi connectivity index (χ4n) is 0.605. The molecule has 7 heteroatoms. The van der Waals surface area contributed by atoms with Gasteiger partial charge in [-0.15, -0.1) is 0 Å². The molecule has 0 aliphatic carbocycles. The van der Waals surface area contributed by atoms with E-state index in [0.29, 0.717) is 22.7 Å². The van der Waals surface area contributed by atoms with Crippen molar-refractivity contribution in [2.75, 3.05) is 0 Å². The van der Waals surface area contributed by atoms with Gasteiger partial charge in [0.05, 0.1) is 0 Å². The normalized spacial score (nSPS) is 9.67. The third-order valence-electron chi connectivity index (χ3n) is 1.02. The maximum absolute atomic E-state index is 10.7. The van der Waals surface area contributed by atoms with Crippen molar-refractivity contribution in [2.24, 2.45) is 11.5 Å². The minimum Gasteiger partial charge on any atom is -0.365 e. The van der Waals surface area contributed by atoms with Crippen LogP contribution in [-0.2, 0) is 0 Å². The van der Waals surface area contributed by atoms with Gasteiger partial charge >= 0.3 is 0 Å². The van der Waals surface area contributed by atoms with Crippen LogP contribution >= 0.6 is 22.7 Å². The highest BCUT2D eigenvalue weighted by atomic mass is 32.2. The van der Waals surface area contributed by atoms with E-state index in [1.165, 1.54) is 0 Å². The Morgan fingerprint density at radius 3 is 1.58 bits per heavy atom. The van der Waals surface area contributed by atoms with Gasteiger partial charge < -0.3 is 11.5 Å². The Balaban J connectivity index is 3.36. The highest BCUT2D eigenvalue weighted by molar-refractivity contribution is 7.29. The first-order valence-corrected chi connectivity index (χ1v) is 4.39. The zero-order valence-corrected chi connectivity index (χ0v) is 7.33. The molecule has 1 heterocycles. The lowest BCUT2D eigenvalue weighted by Gasteiger charge is -1.90. The van der Waals surface area contributed by atoms with Gasteiger partial charge in [-0.05, 0) is 0 Å². The first-order chi connectivity index (χ1) is 5.52. The minimum absolute atomic E-state index is 0.0579. The van der Waals surface area contributed by atoms with Gasteiger partial charge in [-0.2, -0.15) is 0 Å². The van der Waals surface area contributed by atoms with Crippen LogP contribution in [0, 0.1) is 0 Å². The number of carbonyl (C=O) groups excluding carboxylic acids is 2. The molecule has 1 rings (SSSR count). The largest absolute Gasteiger partial charge is 0.365 e. The third-order valence-corrected chi connectivity index (χ3v) is 3.21. The molecule has 64 valence electrons. The number of primary amides is 2. The highest BCUT2D eigenvalue weighted by Crippen LogP contribution is 2.15. The van der Waals surface area contributed by atoms with E-state index in [9.17, 15) is 14.4 Å². The monoisotopic (exact) mass is 204 g/mol. The summed E-state index contributed by atoms with van der Waals surface area (Å²) in [6, 6.07) is 0. The van der Waals surface area contributed by atoms with E-state index in [1.54, 1.807) is 0 Å². The van der Waals surface area contributed by atoms with Crippen LogP contribution in [0.1, 0.15) is 19.3 Å². The molecule has 0 radical (unpaired) electrons. The molecular weight excluding hydrogens is 200 g/mol. The van der Waals surface area contributed by atoms with E-state index in [2.05, 4.69) is 0 Å². The number of nitrogens with two attached hydrogens (primary N) is 2. The van der Waals surface area contributed by atoms with Crippen molar-refractivity contribution in [3.63, 3.8) is 0 Å². The first kappa shape index (κ1) is 8.88. The van der Waals surface area contributed by atoms with Crippen LogP contribution in [0.5, 0.6) is 0 Å². The molecule has 0 saturated heterocycles. The van der Waals surface area contributed by atoms with Crippen molar-refractivity contribution >= 4 is 34.5 Å². The Morgan fingerprint density at radius 1 is 1.00 bits per heavy atom. The smallest absolute Gasteiger partial charge is 0.288 e. The molecule has 0 fully saturated rings. The molecule has 4 N–H and O–H groups in total. The summed E-state index contributed by atoms with van der Waals surface area (Å²) in [5, 5.41) is 0. The van der Waals surface area contributed by atoms with Gasteiger partial charge in [-0.25, -0.2) is 0 Å². The quantitative estimate of drug-likeness (QED) is 0.670. The van der Waals surface area contributed by atoms with Crippen molar-refractivity contribution in [1.29, 1.82) is 0 Å². The molecule has 0 spiro atoms. The maximum atomic E-state index is 10.7. The van der Waals surface area contributed by atoms with Crippen LogP contribution in [-0.4, -0.2) is 11.8 Å². The van der Waals surface area contributed by atoms with Crippen molar-refractivity contribution < 1.29 is 9.59 Å². The molecule has 2 amide bonds. The number of hydrogen-bond donors (Lipinski definition) is 2. The topological polar surface area (TPSA) is 103 Å². The van der Waals surface area contributed by atoms with E-state index in [-0.39, 0.29) is 13.8 Å². The molecule has 0 bridgehead atoms. The van der Waals surface area contributed by atoms with Crippen molar-refractivity contribution in [2.45, 2.75) is 0 Å². The van der Waals surface area contributed by atoms with E-state index in [1.807, 2.05) is 0 Å². The molecule has 12 heavy (non-hydrogen) atoms. The predicted molar refractivity (Wildman–Crippen MR) is 45.5 cm³/mol.